The lowest BCUT2D eigenvalue weighted by molar-refractivity contribution is -0.138. The van der Waals surface area contributed by atoms with E-state index in [0.29, 0.717) is 81.2 Å². The summed E-state index contributed by atoms with van der Waals surface area (Å²) in [5.74, 6) is -0.0113. The summed E-state index contributed by atoms with van der Waals surface area (Å²) < 4.78 is 23.2. The Morgan fingerprint density at radius 3 is 2.11 bits per heavy atom. The van der Waals surface area contributed by atoms with Crippen LogP contribution in [0, 0.1) is 12.3 Å². The molecule has 14 nitrogen and oxygen atoms in total. The summed E-state index contributed by atoms with van der Waals surface area (Å²) in [5.41, 5.74) is 1.11. The molecular formula is C30H42N6O8. The van der Waals surface area contributed by atoms with Crippen molar-refractivity contribution in [3.8, 4) is 0 Å². The van der Waals surface area contributed by atoms with Gasteiger partial charge in [0.15, 0.2) is 0 Å². The van der Waals surface area contributed by atoms with E-state index in [0.717, 1.165) is 31.2 Å². The Morgan fingerprint density at radius 2 is 1.48 bits per heavy atom. The summed E-state index contributed by atoms with van der Waals surface area (Å²) in [5, 5.41) is 18.0. The van der Waals surface area contributed by atoms with Gasteiger partial charge in [-0.1, -0.05) is 0 Å². The molecule has 2 fully saturated rings. The van der Waals surface area contributed by atoms with Crippen LogP contribution in [-0.2, 0) is 29.4 Å². The number of fused-ring (bicyclic) bond motifs is 2. The number of carbonyl (C=O) groups is 2. The molecule has 14 heteroatoms. The predicted octanol–water partition coefficient (Wildman–Crippen LogP) is 2.39. The van der Waals surface area contributed by atoms with Gasteiger partial charge in [-0.15, -0.1) is 0 Å². The number of hydrogen-bond donors (Lipinski definition) is 4. The number of nitrogens with one attached hydrogen (secondary N) is 3. The van der Waals surface area contributed by atoms with E-state index < -0.39 is 11.6 Å². The molecule has 2 spiro atoms. The molecule has 0 aromatic carbocycles. The van der Waals surface area contributed by atoms with Gasteiger partial charge in [-0.25, -0.2) is 9.97 Å². The van der Waals surface area contributed by atoms with Crippen LogP contribution in [0.2, 0.25) is 0 Å². The number of carboxylic acids is 1. The van der Waals surface area contributed by atoms with E-state index in [1.807, 2.05) is 6.92 Å². The number of aliphatic carboxylic acids is 1. The fourth-order valence-corrected chi connectivity index (χ4v) is 5.90. The Kier molecular flexibility index (Phi) is 10.5. The van der Waals surface area contributed by atoms with Gasteiger partial charge < -0.3 is 40.0 Å². The number of rotatable bonds is 18. The Hall–Kier alpha value is -3.59. The third-order valence-corrected chi connectivity index (χ3v) is 8.53. The van der Waals surface area contributed by atoms with Crippen LogP contribution < -0.4 is 21.5 Å². The zero-order valence-electron chi connectivity index (χ0n) is 25.2. The average molecular weight is 615 g/mol. The topological polar surface area (TPSA) is 175 Å². The first-order valence-electron chi connectivity index (χ1n) is 15.3. The molecule has 2 aromatic rings. The molecule has 2 aliphatic carbocycles. The molecular weight excluding hydrogens is 572 g/mol. The van der Waals surface area contributed by atoms with E-state index in [1.165, 1.54) is 19.2 Å². The van der Waals surface area contributed by atoms with Gasteiger partial charge in [-0.05, 0) is 62.5 Å². The Bertz CT molecular complexity index is 1370. The number of nitrogens with zero attached hydrogens (tertiary/aromatic N) is 3. The maximum absolute atomic E-state index is 13.7. The van der Waals surface area contributed by atoms with Crippen molar-refractivity contribution in [3.63, 3.8) is 0 Å². The number of carbonyl (C=O) groups excluding carboxylic acids is 1. The first-order valence-corrected chi connectivity index (χ1v) is 15.3. The van der Waals surface area contributed by atoms with Gasteiger partial charge >= 0.3 is 5.97 Å². The number of carboxylic acid groups (broad SMARTS) is 1. The second-order valence-electron chi connectivity index (χ2n) is 11.6. The van der Waals surface area contributed by atoms with E-state index in [-0.39, 0.29) is 24.5 Å². The maximum atomic E-state index is 13.7. The van der Waals surface area contributed by atoms with E-state index in [1.54, 1.807) is 16.7 Å². The molecule has 0 saturated heterocycles. The van der Waals surface area contributed by atoms with Crippen molar-refractivity contribution in [2.45, 2.75) is 57.5 Å². The molecule has 44 heavy (non-hydrogen) atoms. The first-order chi connectivity index (χ1) is 21.3. The summed E-state index contributed by atoms with van der Waals surface area (Å²) in [6, 6.07) is 3.44. The number of ether oxygens (including phenoxy) is 4. The lowest BCUT2D eigenvalue weighted by Gasteiger charge is -2.39. The zero-order chi connectivity index (χ0) is 31.0. The zero-order valence-corrected chi connectivity index (χ0v) is 25.2. The van der Waals surface area contributed by atoms with Crippen LogP contribution in [0.15, 0.2) is 23.3 Å². The van der Waals surface area contributed by atoms with E-state index in [2.05, 4.69) is 25.9 Å². The Labute approximate surface area is 255 Å². The van der Waals surface area contributed by atoms with Gasteiger partial charge in [0.05, 0.1) is 59.3 Å². The minimum atomic E-state index is -0.884. The second kappa shape index (κ2) is 14.5. The highest BCUT2D eigenvalue weighted by Crippen LogP contribution is 2.59. The van der Waals surface area contributed by atoms with Gasteiger partial charge in [0, 0.05) is 12.6 Å². The van der Waals surface area contributed by atoms with Gasteiger partial charge in [0.1, 0.15) is 35.0 Å². The molecule has 240 valence electrons. The van der Waals surface area contributed by atoms with Crippen molar-refractivity contribution in [3.05, 3.63) is 40.1 Å². The van der Waals surface area contributed by atoms with Crippen LogP contribution in [0.25, 0.3) is 0 Å². The molecule has 5 rings (SSSR count). The lowest BCUT2D eigenvalue weighted by Crippen LogP contribution is -2.50. The third-order valence-electron chi connectivity index (χ3n) is 8.53. The van der Waals surface area contributed by atoms with Crippen LogP contribution in [0.1, 0.15) is 61.0 Å². The Morgan fingerprint density at radius 1 is 0.886 bits per heavy atom. The molecule has 2 aromatic heterocycles. The molecule has 0 unspecified atom stereocenters. The van der Waals surface area contributed by atoms with Crippen molar-refractivity contribution in [2.75, 3.05) is 70.0 Å². The highest BCUT2D eigenvalue weighted by molar-refractivity contribution is 5.97. The molecule has 3 aliphatic rings. The monoisotopic (exact) mass is 614 g/mol. The molecule has 4 N–H and O–H groups in total. The fraction of sp³-hybridized carbons (Fsp3) is 0.633. The smallest absolute Gasteiger partial charge is 0.305 e. The van der Waals surface area contributed by atoms with E-state index >= 15 is 0 Å². The largest absolute Gasteiger partial charge is 0.481 e. The van der Waals surface area contributed by atoms with Crippen molar-refractivity contribution in [1.82, 2.24) is 19.9 Å². The predicted molar refractivity (Wildman–Crippen MR) is 160 cm³/mol. The third kappa shape index (κ3) is 7.92. The van der Waals surface area contributed by atoms with Crippen LogP contribution in [-0.4, -0.2) is 90.9 Å². The van der Waals surface area contributed by atoms with Crippen LogP contribution >= 0.6 is 0 Å². The molecule has 0 radical (unpaired) electrons. The van der Waals surface area contributed by atoms with Gasteiger partial charge in [-0.3, -0.25) is 19.0 Å². The molecule has 1 aliphatic heterocycles. The number of anilines is 3. The maximum Gasteiger partial charge on any atom is 0.305 e. The second-order valence-corrected chi connectivity index (χ2v) is 11.6. The summed E-state index contributed by atoms with van der Waals surface area (Å²) in [6.07, 6.45) is 7.50. The highest BCUT2D eigenvalue weighted by Gasteiger charge is 2.54. The minimum absolute atomic E-state index is 0.0160. The van der Waals surface area contributed by atoms with Crippen molar-refractivity contribution < 1.29 is 33.6 Å². The molecule has 0 bridgehead atoms. The number of aromatic nitrogens is 3. The molecule has 3 heterocycles. The molecule has 1 amide bonds. The fourth-order valence-electron chi connectivity index (χ4n) is 5.90. The highest BCUT2D eigenvalue weighted by atomic mass is 16.6. The summed E-state index contributed by atoms with van der Waals surface area (Å²) in [4.78, 5) is 45.6. The summed E-state index contributed by atoms with van der Waals surface area (Å²) in [6.45, 7) is 5.42. The average Bonchev–Trinajstić information content (AvgIpc) is 3.70. The minimum Gasteiger partial charge on any atom is -0.481 e. The lowest BCUT2D eigenvalue weighted by atomic mass is 9.79. The Balaban J connectivity index is 1.02. The van der Waals surface area contributed by atoms with Crippen LogP contribution in [0.3, 0.4) is 0 Å². The van der Waals surface area contributed by atoms with E-state index in [4.69, 9.17) is 24.1 Å². The van der Waals surface area contributed by atoms with Crippen LogP contribution in [0.5, 0.6) is 0 Å². The van der Waals surface area contributed by atoms with Crippen LogP contribution in [0.4, 0.5) is 17.3 Å². The summed E-state index contributed by atoms with van der Waals surface area (Å²) >= 11 is 0. The number of aryl methyl sites for hydroxylation is 1. The quantitative estimate of drug-likeness (QED) is 0.181. The first kappa shape index (κ1) is 31.8. The van der Waals surface area contributed by atoms with Crippen molar-refractivity contribution in [1.29, 1.82) is 0 Å². The number of amides is 1. The van der Waals surface area contributed by atoms with Gasteiger partial charge in [0.25, 0.3) is 11.5 Å². The molecule has 2 saturated carbocycles. The SMILES string of the molecule is Cc1cc(Nc2cc(NCCOCCOCCOCCOCCC(=O)O)ncn2)c(=O)n2c1C(=O)NC21CCC2(CC2)CC1. The standard InChI is InChI=1S/C30H42N6O8/c1-21-18-22(28(40)36-26(21)27(39)35-30(36)7-5-29(3-4-29)6-8-30)34-24-19-23(32-20-33-24)31-9-11-42-13-15-44-17-16-43-14-12-41-10-2-25(37)38/h18-20H,2-17H2,1H3,(H,35,39)(H,37,38)(H2,31,32,33,34). The van der Waals surface area contributed by atoms with Crippen molar-refractivity contribution >= 4 is 29.2 Å². The number of pyridine rings is 1. The van der Waals surface area contributed by atoms with Gasteiger partial charge in [-0.2, -0.15) is 0 Å². The summed E-state index contributed by atoms with van der Waals surface area (Å²) in [7, 11) is 0. The van der Waals surface area contributed by atoms with Crippen molar-refractivity contribution in [2.24, 2.45) is 5.41 Å². The molecule has 0 atom stereocenters. The number of hydrogen-bond acceptors (Lipinski definition) is 11. The van der Waals surface area contributed by atoms with E-state index in [9.17, 15) is 14.4 Å². The normalized spacial score (nSPS) is 17.4. The van der Waals surface area contributed by atoms with Gasteiger partial charge in [0.2, 0.25) is 0 Å².